The Morgan fingerprint density at radius 1 is 0.625 bits per heavy atom. The first-order valence-electron chi connectivity index (χ1n) is 14.9. The molecule has 2 aromatic rings. The molecule has 40 heavy (non-hydrogen) atoms. The normalized spacial score (nSPS) is 11.7. The van der Waals surface area contributed by atoms with E-state index >= 15 is 0 Å². The summed E-state index contributed by atoms with van der Waals surface area (Å²) in [6.07, 6.45) is 19.8. The summed E-state index contributed by atoms with van der Waals surface area (Å²) >= 11 is 0.638. The van der Waals surface area contributed by atoms with E-state index in [9.17, 15) is 10.2 Å². The predicted molar refractivity (Wildman–Crippen MR) is 163 cm³/mol. The summed E-state index contributed by atoms with van der Waals surface area (Å²) in [6, 6.07) is 6.08. The average molecular weight is 581 g/mol. The van der Waals surface area contributed by atoms with Crippen molar-refractivity contribution in [3.63, 3.8) is 0 Å². The third-order valence-electron chi connectivity index (χ3n) is 7.30. The van der Waals surface area contributed by atoms with Crippen molar-refractivity contribution in [1.29, 1.82) is 0 Å². The van der Waals surface area contributed by atoms with Crippen LogP contribution >= 0.6 is 12.0 Å². The number of hydrogen-bond acceptors (Lipinski definition) is 8. The van der Waals surface area contributed by atoms with Gasteiger partial charge in [-0.1, -0.05) is 109 Å². The monoisotopic (exact) mass is 580 g/mol. The fraction of sp³-hybridized carbons (Fsp3) is 0.625. The van der Waals surface area contributed by atoms with E-state index in [1.54, 1.807) is 32.0 Å². The molecule has 0 radical (unpaired) electrons. The third-order valence-corrected chi connectivity index (χ3v) is 7.93. The van der Waals surface area contributed by atoms with Crippen LogP contribution in [0.3, 0.4) is 0 Å². The first-order valence-corrected chi connectivity index (χ1v) is 15.6. The largest absolute Gasteiger partial charge is 0.508 e. The molecule has 0 aliphatic rings. The van der Waals surface area contributed by atoms with Crippen molar-refractivity contribution in [3.05, 3.63) is 41.0 Å². The summed E-state index contributed by atoms with van der Waals surface area (Å²) in [5.41, 5.74) is 2.13. The molecule has 1 atom stereocenters. The minimum Gasteiger partial charge on any atom is -0.508 e. The standard InChI is InChI=1S/C24H42O5S.C8H10O2/c1-3-4-5-6-7-8-9-10-11-12-13-14-15-16-17-20(2)21-18-23(26)24(19-22(21)25)30-29-28-27;1-5-3-8(10)6(2)4-7(5)9/h18-20,25-27H,3-17H2,1-2H3;3-4,9-10H,1-2H3. The molecule has 7 nitrogen and oxygen atoms in total. The second kappa shape index (κ2) is 21.6. The Kier molecular flexibility index (Phi) is 19.4. The van der Waals surface area contributed by atoms with Gasteiger partial charge in [0.1, 0.15) is 23.0 Å². The van der Waals surface area contributed by atoms with Crippen LogP contribution in [0.25, 0.3) is 0 Å². The fourth-order valence-corrected chi connectivity index (χ4v) is 5.08. The van der Waals surface area contributed by atoms with Crippen LogP contribution in [0.4, 0.5) is 0 Å². The average Bonchev–Trinajstić information content (AvgIpc) is 2.92. The zero-order valence-corrected chi connectivity index (χ0v) is 25.8. The lowest BCUT2D eigenvalue weighted by atomic mass is 9.93. The molecule has 0 amide bonds. The molecular formula is C32H52O7S. The van der Waals surface area contributed by atoms with Gasteiger partial charge in [-0.25, -0.2) is 5.26 Å². The quantitative estimate of drug-likeness (QED) is 0.0366. The van der Waals surface area contributed by atoms with Gasteiger partial charge in [0.05, 0.1) is 16.9 Å². The number of benzene rings is 2. The van der Waals surface area contributed by atoms with Crippen LogP contribution in [0.5, 0.6) is 23.0 Å². The van der Waals surface area contributed by atoms with E-state index in [2.05, 4.69) is 23.2 Å². The Bertz CT molecular complexity index is 901. The van der Waals surface area contributed by atoms with E-state index in [-0.39, 0.29) is 33.8 Å². The summed E-state index contributed by atoms with van der Waals surface area (Å²) in [5, 5.41) is 50.2. The van der Waals surface area contributed by atoms with Gasteiger partial charge in [0, 0.05) is 5.56 Å². The highest BCUT2D eigenvalue weighted by Crippen LogP contribution is 2.39. The maximum atomic E-state index is 10.2. The summed E-state index contributed by atoms with van der Waals surface area (Å²) < 4.78 is 4.31. The number of unbranched alkanes of at least 4 members (excludes halogenated alkanes) is 13. The van der Waals surface area contributed by atoms with Crippen LogP contribution in [0.15, 0.2) is 29.2 Å². The maximum Gasteiger partial charge on any atom is 0.132 e. The molecule has 0 spiro atoms. The Morgan fingerprint density at radius 3 is 1.52 bits per heavy atom. The highest BCUT2D eigenvalue weighted by molar-refractivity contribution is 7.94. The van der Waals surface area contributed by atoms with Gasteiger partial charge in [-0.15, -0.1) is 4.33 Å². The smallest absolute Gasteiger partial charge is 0.132 e. The molecule has 2 aromatic carbocycles. The third kappa shape index (κ3) is 15.0. The van der Waals surface area contributed by atoms with Crippen molar-refractivity contribution in [2.24, 2.45) is 0 Å². The summed E-state index contributed by atoms with van der Waals surface area (Å²) in [5.74, 6) is 0.750. The van der Waals surface area contributed by atoms with Gasteiger partial charge in [-0.3, -0.25) is 0 Å². The van der Waals surface area contributed by atoms with E-state index in [4.69, 9.17) is 15.5 Å². The van der Waals surface area contributed by atoms with Crippen molar-refractivity contribution >= 4 is 12.0 Å². The van der Waals surface area contributed by atoms with E-state index in [1.165, 1.54) is 89.5 Å². The Morgan fingerprint density at radius 2 is 1.07 bits per heavy atom. The molecule has 0 aliphatic carbocycles. The SMILES string of the molecule is CCCCCCCCCCCCCCCCC(C)c1cc(O)c(SOOO)cc1O.Cc1cc(O)c(C)cc1O. The zero-order chi connectivity index (χ0) is 29.8. The highest BCUT2D eigenvalue weighted by Gasteiger charge is 2.15. The number of hydrogen-bond donors (Lipinski definition) is 5. The predicted octanol–water partition coefficient (Wildman–Crippen LogP) is 10.2. The zero-order valence-electron chi connectivity index (χ0n) is 25.0. The fourth-order valence-electron chi connectivity index (χ4n) is 4.67. The minimum absolute atomic E-state index is 0.00217. The van der Waals surface area contributed by atoms with Crippen LogP contribution in [0.1, 0.15) is 133 Å². The highest BCUT2D eigenvalue weighted by atomic mass is 32.2. The number of rotatable bonds is 19. The number of phenolic OH excluding ortho intramolecular Hbond substituents is 4. The molecule has 0 bridgehead atoms. The van der Waals surface area contributed by atoms with Crippen LogP contribution < -0.4 is 0 Å². The second-order valence-corrected chi connectivity index (χ2v) is 11.6. The van der Waals surface area contributed by atoms with Crippen LogP contribution in [0, 0.1) is 13.8 Å². The molecule has 0 aliphatic heterocycles. The number of phenols is 4. The van der Waals surface area contributed by atoms with Crippen molar-refractivity contribution in [1.82, 2.24) is 0 Å². The van der Waals surface area contributed by atoms with Gasteiger partial charge in [-0.05, 0) is 61.6 Å². The van der Waals surface area contributed by atoms with Crippen molar-refractivity contribution in [3.8, 4) is 23.0 Å². The van der Waals surface area contributed by atoms with E-state index in [0.717, 1.165) is 18.4 Å². The summed E-state index contributed by atoms with van der Waals surface area (Å²) in [7, 11) is 0. The Labute approximate surface area is 245 Å². The molecule has 8 heteroatoms. The van der Waals surface area contributed by atoms with Gasteiger partial charge in [-0.2, -0.15) is 0 Å². The van der Waals surface area contributed by atoms with Gasteiger partial charge in [0.15, 0.2) is 0 Å². The molecule has 1 unspecified atom stereocenters. The molecule has 0 aromatic heterocycles. The van der Waals surface area contributed by atoms with E-state index in [1.807, 2.05) is 0 Å². The molecule has 5 N–H and O–H groups in total. The Hall–Kier alpha value is -2.13. The van der Waals surface area contributed by atoms with E-state index < -0.39 is 0 Å². The van der Waals surface area contributed by atoms with Gasteiger partial charge in [0.25, 0.3) is 0 Å². The van der Waals surface area contributed by atoms with Gasteiger partial charge in [0.2, 0.25) is 0 Å². The number of aryl methyl sites for hydroxylation is 2. The first-order chi connectivity index (χ1) is 19.2. The molecule has 0 heterocycles. The summed E-state index contributed by atoms with van der Waals surface area (Å²) in [4.78, 5) is 0.286. The Balaban J connectivity index is 0.000000667. The molecule has 228 valence electrons. The topological polar surface area (TPSA) is 120 Å². The molecular weight excluding hydrogens is 528 g/mol. The molecule has 0 saturated heterocycles. The van der Waals surface area contributed by atoms with Crippen molar-refractivity contribution in [2.75, 3.05) is 0 Å². The maximum absolute atomic E-state index is 10.2. The van der Waals surface area contributed by atoms with Crippen LogP contribution in [-0.2, 0) is 9.37 Å². The van der Waals surface area contributed by atoms with Crippen molar-refractivity contribution in [2.45, 2.75) is 135 Å². The van der Waals surface area contributed by atoms with Gasteiger partial charge < -0.3 is 20.4 Å². The lowest BCUT2D eigenvalue weighted by Crippen LogP contribution is -1.95. The first kappa shape index (κ1) is 35.9. The van der Waals surface area contributed by atoms with Crippen LogP contribution in [0.2, 0.25) is 0 Å². The second-order valence-electron chi connectivity index (χ2n) is 10.8. The van der Waals surface area contributed by atoms with E-state index in [0.29, 0.717) is 23.2 Å². The van der Waals surface area contributed by atoms with Crippen LogP contribution in [-0.4, -0.2) is 25.7 Å². The molecule has 2 rings (SSSR count). The van der Waals surface area contributed by atoms with Gasteiger partial charge >= 0.3 is 0 Å². The lowest BCUT2D eigenvalue weighted by molar-refractivity contribution is -0.432. The minimum atomic E-state index is -0.00217. The van der Waals surface area contributed by atoms with Crippen molar-refractivity contribution < 1.29 is 35.1 Å². The summed E-state index contributed by atoms with van der Waals surface area (Å²) in [6.45, 7) is 7.82. The lowest BCUT2D eigenvalue weighted by Gasteiger charge is -2.15. The molecule has 0 fully saturated rings. The number of aromatic hydroxyl groups is 4. The molecule has 0 saturated carbocycles.